The Kier molecular flexibility index (Phi) is 2.50. The summed E-state index contributed by atoms with van der Waals surface area (Å²) in [5.41, 5.74) is 11.0. The van der Waals surface area contributed by atoms with E-state index in [1.165, 1.54) is 16.0 Å². The van der Waals surface area contributed by atoms with Crippen molar-refractivity contribution in [2.45, 2.75) is 24.8 Å². The van der Waals surface area contributed by atoms with Crippen LogP contribution in [0.5, 0.6) is 0 Å². The normalized spacial score (nSPS) is 19.9. The molecule has 0 radical (unpaired) electrons. The average Bonchev–Trinajstić information content (AvgIpc) is 2.72. The molecule has 0 aliphatic heterocycles. The van der Waals surface area contributed by atoms with Crippen LogP contribution in [0, 0.1) is 0 Å². The van der Waals surface area contributed by atoms with E-state index in [0.717, 1.165) is 12.8 Å². The summed E-state index contributed by atoms with van der Waals surface area (Å²) in [6.07, 6.45) is 4.01. The Morgan fingerprint density at radius 3 is 3.06 bits per heavy atom. The first-order chi connectivity index (χ1) is 7.84. The number of aromatic nitrogens is 1. The zero-order valence-electron chi connectivity index (χ0n) is 8.97. The minimum Gasteiger partial charge on any atom is -0.327 e. The molecule has 1 aliphatic carbocycles. The quantitative estimate of drug-likeness (QED) is 0.879. The van der Waals surface area contributed by atoms with E-state index in [1.807, 2.05) is 11.7 Å². The number of hydrogen-bond acceptors (Lipinski definition) is 3. The van der Waals surface area contributed by atoms with Gasteiger partial charge in [-0.15, -0.1) is 11.3 Å². The molecule has 16 heavy (non-hydrogen) atoms. The predicted molar refractivity (Wildman–Crippen MR) is 66.7 cm³/mol. The topological polar surface area (TPSA) is 38.9 Å². The van der Waals surface area contributed by atoms with Crippen molar-refractivity contribution in [1.29, 1.82) is 0 Å². The van der Waals surface area contributed by atoms with Gasteiger partial charge in [0, 0.05) is 23.0 Å². The highest BCUT2D eigenvalue weighted by molar-refractivity contribution is 7.09. The van der Waals surface area contributed by atoms with Crippen LogP contribution in [0.1, 0.15) is 21.9 Å². The van der Waals surface area contributed by atoms with E-state index in [2.05, 4.69) is 29.2 Å². The zero-order valence-corrected chi connectivity index (χ0v) is 9.78. The molecule has 0 fully saturated rings. The Bertz CT molecular complexity index is 478. The molecule has 0 saturated carbocycles. The summed E-state index contributed by atoms with van der Waals surface area (Å²) in [4.78, 5) is 5.37. The summed E-state index contributed by atoms with van der Waals surface area (Å²) in [5.74, 6) is 0.540. The van der Waals surface area contributed by atoms with E-state index < -0.39 is 0 Å². The van der Waals surface area contributed by atoms with Crippen LogP contribution < -0.4 is 5.73 Å². The molecule has 1 aliphatic rings. The number of thiazole rings is 1. The van der Waals surface area contributed by atoms with Crippen molar-refractivity contribution in [1.82, 2.24) is 4.98 Å². The molecule has 3 rings (SSSR count). The van der Waals surface area contributed by atoms with Gasteiger partial charge >= 0.3 is 0 Å². The smallest absolute Gasteiger partial charge is 0.0794 e. The van der Waals surface area contributed by atoms with E-state index in [0.29, 0.717) is 5.92 Å². The molecular weight excluding hydrogens is 216 g/mol. The monoisotopic (exact) mass is 230 g/mol. The Hall–Kier alpha value is -1.19. The van der Waals surface area contributed by atoms with Crippen LogP contribution in [0.15, 0.2) is 36.0 Å². The van der Waals surface area contributed by atoms with Gasteiger partial charge in [0.05, 0.1) is 5.51 Å². The Morgan fingerprint density at radius 1 is 1.44 bits per heavy atom. The van der Waals surface area contributed by atoms with E-state index in [1.54, 1.807) is 11.3 Å². The van der Waals surface area contributed by atoms with E-state index in [-0.39, 0.29) is 6.04 Å². The molecule has 2 nitrogen and oxygen atoms in total. The third kappa shape index (κ3) is 1.66. The third-order valence-electron chi connectivity index (χ3n) is 3.33. The van der Waals surface area contributed by atoms with Gasteiger partial charge in [-0.05, 0) is 24.0 Å². The molecular formula is C13H14N2S. The SMILES string of the molecule is NC(Cc1cncs1)C1Cc2ccccc21. The van der Waals surface area contributed by atoms with Gasteiger partial charge in [-0.1, -0.05) is 24.3 Å². The van der Waals surface area contributed by atoms with Crippen LogP contribution in [0.2, 0.25) is 0 Å². The molecule has 0 spiro atoms. The lowest BCUT2D eigenvalue weighted by molar-refractivity contribution is 0.482. The lowest BCUT2D eigenvalue weighted by Crippen LogP contribution is -2.37. The van der Waals surface area contributed by atoms with Crippen molar-refractivity contribution in [2.24, 2.45) is 5.73 Å². The molecule has 2 unspecified atom stereocenters. The average molecular weight is 230 g/mol. The van der Waals surface area contributed by atoms with Gasteiger partial charge in [0.25, 0.3) is 0 Å². The van der Waals surface area contributed by atoms with Crippen LogP contribution in [0.25, 0.3) is 0 Å². The number of benzene rings is 1. The minimum absolute atomic E-state index is 0.232. The Balaban J connectivity index is 1.72. The van der Waals surface area contributed by atoms with Crippen molar-refractivity contribution in [2.75, 3.05) is 0 Å². The first-order valence-electron chi connectivity index (χ1n) is 5.55. The standard InChI is InChI=1S/C13H14N2S/c14-13(6-10-7-15-8-16-10)12-5-9-3-1-2-4-11(9)12/h1-4,7-8,12-13H,5-6,14H2. The Morgan fingerprint density at radius 2 is 2.31 bits per heavy atom. The fraction of sp³-hybridized carbons (Fsp3) is 0.308. The van der Waals surface area contributed by atoms with E-state index >= 15 is 0 Å². The molecule has 0 saturated heterocycles. The summed E-state index contributed by atoms with van der Waals surface area (Å²) in [6, 6.07) is 8.84. The highest BCUT2D eigenvalue weighted by atomic mass is 32.1. The number of nitrogens with two attached hydrogens (primary N) is 1. The van der Waals surface area contributed by atoms with Gasteiger partial charge < -0.3 is 5.73 Å². The molecule has 1 aromatic heterocycles. The largest absolute Gasteiger partial charge is 0.327 e. The van der Waals surface area contributed by atoms with Gasteiger partial charge in [0.2, 0.25) is 0 Å². The molecule has 0 bridgehead atoms. The maximum atomic E-state index is 6.26. The van der Waals surface area contributed by atoms with Crippen molar-refractivity contribution in [3.63, 3.8) is 0 Å². The number of nitrogens with zero attached hydrogens (tertiary/aromatic N) is 1. The third-order valence-corrected chi connectivity index (χ3v) is 4.13. The Labute approximate surface area is 99.1 Å². The lowest BCUT2D eigenvalue weighted by Gasteiger charge is -2.34. The lowest BCUT2D eigenvalue weighted by atomic mass is 9.73. The fourth-order valence-corrected chi connectivity index (χ4v) is 3.06. The summed E-state index contributed by atoms with van der Waals surface area (Å²) in [6.45, 7) is 0. The molecule has 2 aromatic rings. The van der Waals surface area contributed by atoms with Gasteiger partial charge in [-0.3, -0.25) is 4.98 Å². The van der Waals surface area contributed by atoms with Crippen molar-refractivity contribution >= 4 is 11.3 Å². The second-order valence-electron chi connectivity index (χ2n) is 4.35. The summed E-state index contributed by atoms with van der Waals surface area (Å²) >= 11 is 1.69. The number of rotatable bonds is 3. The van der Waals surface area contributed by atoms with Crippen molar-refractivity contribution in [3.8, 4) is 0 Å². The van der Waals surface area contributed by atoms with Crippen molar-refractivity contribution < 1.29 is 0 Å². The second-order valence-corrected chi connectivity index (χ2v) is 5.32. The highest BCUT2D eigenvalue weighted by Crippen LogP contribution is 2.37. The summed E-state index contributed by atoms with van der Waals surface area (Å²) in [5, 5.41) is 0. The molecule has 0 amide bonds. The molecule has 3 heteroatoms. The maximum Gasteiger partial charge on any atom is 0.0794 e. The van der Waals surface area contributed by atoms with E-state index in [9.17, 15) is 0 Å². The molecule has 1 heterocycles. The molecule has 2 N–H and O–H groups in total. The van der Waals surface area contributed by atoms with Crippen LogP contribution in [-0.2, 0) is 12.8 Å². The molecule has 82 valence electrons. The first-order valence-corrected chi connectivity index (χ1v) is 6.43. The van der Waals surface area contributed by atoms with Crippen LogP contribution >= 0.6 is 11.3 Å². The second kappa shape index (κ2) is 4.00. The summed E-state index contributed by atoms with van der Waals surface area (Å²) in [7, 11) is 0. The predicted octanol–water partition coefficient (Wildman–Crippen LogP) is 2.35. The number of hydrogen-bond donors (Lipinski definition) is 1. The van der Waals surface area contributed by atoms with Crippen molar-refractivity contribution in [3.05, 3.63) is 52.0 Å². The number of fused-ring (bicyclic) bond motifs is 1. The maximum absolute atomic E-state index is 6.26. The molecule has 2 atom stereocenters. The van der Waals surface area contributed by atoms with E-state index in [4.69, 9.17) is 5.73 Å². The van der Waals surface area contributed by atoms with Crippen LogP contribution in [0.4, 0.5) is 0 Å². The summed E-state index contributed by atoms with van der Waals surface area (Å²) < 4.78 is 0. The van der Waals surface area contributed by atoms with Crippen LogP contribution in [0.3, 0.4) is 0 Å². The van der Waals surface area contributed by atoms with Gasteiger partial charge in [-0.2, -0.15) is 0 Å². The highest BCUT2D eigenvalue weighted by Gasteiger charge is 2.30. The first kappa shape index (κ1) is 10.00. The molecule has 1 aromatic carbocycles. The van der Waals surface area contributed by atoms with Crippen LogP contribution in [-0.4, -0.2) is 11.0 Å². The van der Waals surface area contributed by atoms with Gasteiger partial charge in [-0.25, -0.2) is 0 Å². The van der Waals surface area contributed by atoms with Gasteiger partial charge in [0.15, 0.2) is 0 Å². The zero-order chi connectivity index (χ0) is 11.0. The minimum atomic E-state index is 0.232. The fourth-order valence-electron chi connectivity index (χ4n) is 2.40. The van der Waals surface area contributed by atoms with Gasteiger partial charge in [0.1, 0.15) is 0 Å².